The summed E-state index contributed by atoms with van der Waals surface area (Å²) < 4.78 is 1.81. The van der Waals surface area contributed by atoms with Crippen molar-refractivity contribution < 1.29 is 0 Å². The molecule has 0 saturated carbocycles. The van der Waals surface area contributed by atoms with Crippen molar-refractivity contribution in [2.45, 2.75) is 39.5 Å². The van der Waals surface area contributed by atoms with Crippen molar-refractivity contribution in [1.82, 2.24) is 9.78 Å². The van der Waals surface area contributed by atoms with Gasteiger partial charge in [0.05, 0.1) is 11.4 Å². The van der Waals surface area contributed by atoms with Crippen molar-refractivity contribution in [3.05, 3.63) is 35.5 Å². The SMILES string of the molecule is CCCc1ccc(Nc2c(N)c(C(C)C)nn2C)cc1. The predicted molar refractivity (Wildman–Crippen MR) is 85.4 cm³/mol. The number of nitrogens with zero attached hydrogens (tertiary/aromatic N) is 2. The van der Waals surface area contributed by atoms with Gasteiger partial charge in [-0.25, -0.2) is 0 Å². The molecule has 2 rings (SSSR count). The molecule has 0 aliphatic heterocycles. The molecule has 108 valence electrons. The second-order valence-electron chi connectivity index (χ2n) is 5.50. The van der Waals surface area contributed by atoms with Gasteiger partial charge in [-0.2, -0.15) is 5.10 Å². The van der Waals surface area contributed by atoms with Crippen LogP contribution in [0.3, 0.4) is 0 Å². The number of anilines is 3. The number of benzene rings is 1. The summed E-state index contributed by atoms with van der Waals surface area (Å²) >= 11 is 0. The standard InChI is InChI=1S/C16H24N4/c1-5-6-12-7-9-13(10-8-12)18-16-14(17)15(11(2)3)19-20(16)4/h7-11,18H,5-6,17H2,1-4H3. The lowest BCUT2D eigenvalue weighted by Crippen LogP contribution is -2.01. The molecule has 3 N–H and O–H groups in total. The molecule has 0 unspecified atom stereocenters. The molecule has 4 nitrogen and oxygen atoms in total. The largest absolute Gasteiger partial charge is 0.394 e. The summed E-state index contributed by atoms with van der Waals surface area (Å²) in [6.45, 7) is 6.39. The molecule has 0 fully saturated rings. The molecule has 0 aliphatic carbocycles. The molecule has 2 aromatic rings. The van der Waals surface area contributed by atoms with E-state index in [4.69, 9.17) is 5.73 Å². The Morgan fingerprint density at radius 1 is 1.25 bits per heavy atom. The van der Waals surface area contributed by atoms with Crippen LogP contribution in [0.4, 0.5) is 17.2 Å². The molecule has 1 aromatic heterocycles. The van der Waals surface area contributed by atoms with Crippen molar-refractivity contribution in [3.8, 4) is 0 Å². The maximum absolute atomic E-state index is 6.18. The van der Waals surface area contributed by atoms with E-state index in [2.05, 4.69) is 55.5 Å². The highest BCUT2D eigenvalue weighted by atomic mass is 15.3. The lowest BCUT2D eigenvalue weighted by molar-refractivity contribution is 0.718. The van der Waals surface area contributed by atoms with Gasteiger partial charge in [0.25, 0.3) is 0 Å². The van der Waals surface area contributed by atoms with Crippen LogP contribution in [0.15, 0.2) is 24.3 Å². The van der Waals surface area contributed by atoms with Gasteiger partial charge in [-0.05, 0) is 30.0 Å². The number of aromatic nitrogens is 2. The molecule has 4 heteroatoms. The summed E-state index contributed by atoms with van der Waals surface area (Å²) in [7, 11) is 1.91. The maximum atomic E-state index is 6.18. The van der Waals surface area contributed by atoms with Gasteiger partial charge in [-0.1, -0.05) is 39.3 Å². The Kier molecular flexibility index (Phi) is 4.32. The number of nitrogens with two attached hydrogens (primary N) is 1. The highest BCUT2D eigenvalue weighted by Gasteiger charge is 2.15. The fourth-order valence-electron chi connectivity index (χ4n) is 2.32. The van der Waals surface area contributed by atoms with Crippen molar-refractivity contribution in [2.75, 3.05) is 11.1 Å². The average Bonchev–Trinajstić information content (AvgIpc) is 2.69. The molecule has 0 spiro atoms. The lowest BCUT2D eigenvalue weighted by atomic mass is 10.1. The molecular formula is C16H24N4. The highest BCUT2D eigenvalue weighted by Crippen LogP contribution is 2.30. The first-order chi connectivity index (χ1) is 9.52. The monoisotopic (exact) mass is 272 g/mol. The maximum Gasteiger partial charge on any atom is 0.152 e. The first-order valence-electron chi connectivity index (χ1n) is 7.21. The normalized spacial score (nSPS) is 11.1. The number of rotatable bonds is 5. The minimum Gasteiger partial charge on any atom is -0.394 e. The summed E-state index contributed by atoms with van der Waals surface area (Å²) in [5.74, 6) is 1.18. The zero-order chi connectivity index (χ0) is 14.7. The third kappa shape index (κ3) is 2.95. The van der Waals surface area contributed by atoms with Crippen molar-refractivity contribution in [3.63, 3.8) is 0 Å². The number of hydrogen-bond donors (Lipinski definition) is 2. The zero-order valence-corrected chi connectivity index (χ0v) is 12.8. The van der Waals surface area contributed by atoms with Crippen LogP contribution >= 0.6 is 0 Å². The fraction of sp³-hybridized carbons (Fsp3) is 0.438. The second kappa shape index (κ2) is 5.99. The molecule has 0 atom stereocenters. The third-order valence-corrected chi connectivity index (χ3v) is 3.41. The lowest BCUT2D eigenvalue weighted by Gasteiger charge is -2.09. The Morgan fingerprint density at radius 2 is 1.90 bits per heavy atom. The predicted octanol–water partition coefficient (Wildman–Crippen LogP) is 3.82. The zero-order valence-electron chi connectivity index (χ0n) is 12.8. The number of nitrogens with one attached hydrogen (secondary N) is 1. The van der Waals surface area contributed by atoms with E-state index in [1.54, 1.807) is 0 Å². The molecule has 0 saturated heterocycles. The van der Waals surface area contributed by atoms with Crippen LogP contribution in [0, 0.1) is 0 Å². The topological polar surface area (TPSA) is 55.9 Å². The van der Waals surface area contributed by atoms with E-state index in [0.29, 0.717) is 5.92 Å². The molecular weight excluding hydrogens is 248 g/mol. The molecule has 0 aliphatic rings. The van der Waals surface area contributed by atoms with E-state index in [0.717, 1.165) is 29.3 Å². The summed E-state index contributed by atoms with van der Waals surface area (Å²) in [6.07, 6.45) is 2.28. The quantitative estimate of drug-likeness (QED) is 0.870. The molecule has 1 heterocycles. The first kappa shape index (κ1) is 14.4. The van der Waals surface area contributed by atoms with Gasteiger partial charge in [0.15, 0.2) is 5.82 Å². The van der Waals surface area contributed by atoms with Crippen molar-refractivity contribution in [1.29, 1.82) is 0 Å². The fourth-order valence-corrected chi connectivity index (χ4v) is 2.32. The van der Waals surface area contributed by atoms with Crippen molar-refractivity contribution >= 4 is 17.2 Å². The first-order valence-corrected chi connectivity index (χ1v) is 7.21. The summed E-state index contributed by atoms with van der Waals surface area (Å²) in [5.41, 5.74) is 10.3. The molecule has 0 radical (unpaired) electrons. The smallest absolute Gasteiger partial charge is 0.152 e. The van der Waals surface area contributed by atoms with Crippen LogP contribution in [0.25, 0.3) is 0 Å². The van der Waals surface area contributed by atoms with Gasteiger partial charge in [-0.3, -0.25) is 4.68 Å². The van der Waals surface area contributed by atoms with Gasteiger partial charge in [0.1, 0.15) is 0 Å². The number of nitrogen functional groups attached to an aromatic ring is 1. The van der Waals surface area contributed by atoms with Crippen molar-refractivity contribution in [2.24, 2.45) is 7.05 Å². The van der Waals surface area contributed by atoms with Gasteiger partial charge in [0.2, 0.25) is 0 Å². The Labute approximate surface area is 121 Å². The average molecular weight is 272 g/mol. The number of hydrogen-bond acceptors (Lipinski definition) is 3. The van der Waals surface area contributed by atoms with Gasteiger partial charge in [-0.15, -0.1) is 0 Å². The molecule has 0 bridgehead atoms. The summed E-state index contributed by atoms with van der Waals surface area (Å²) in [6, 6.07) is 8.49. The van der Waals surface area contributed by atoms with E-state index in [9.17, 15) is 0 Å². The van der Waals surface area contributed by atoms with Crippen LogP contribution in [-0.2, 0) is 13.5 Å². The minimum atomic E-state index is 0.323. The molecule has 1 aromatic carbocycles. The molecule has 0 amide bonds. The van der Waals surface area contributed by atoms with Gasteiger partial charge < -0.3 is 11.1 Å². The Morgan fingerprint density at radius 3 is 2.40 bits per heavy atom. The summed E-state index contributed by atoms with van der Waals surface area (Å²) in [5, 5.41) is 7.84. The molecule has 20 heavy (non-hydrogen) atoms. The van der Waals surface area contributed by atoms with E-state index < -0.39 is 0 Å². The van der Waals surface area contributed by atoms with E-state index in [-0.39, 0.29) is 0 Å². The minimum absolute atomic E-state index is 0.323. The van der Waals surface area contributed by atoms with E-state index >= 15 is 0 Å². The van der Waals surface area contributed by atoms with Gasteiger partial charge >= 0.3 is 0 Å². The van der Waals surface area contributed by atoms with Crippen LogP contribution < -0.4 is 11.1 Å². The van der Waals surface area contributed by atoms with E-state index in [1.807, 2.05) is 11.7 Å². The van der Waals surface area contributed by atoms with E-state index in [1.165, 1.54) is 12.0 Å². The van der Waals surface area contributed by atoms with Gasteiger partial charge in [0, 0.05) is 12.7 Å². The Bertz CT molecular complexity index is 567. The van der Waals surface area contributed by atoms with Crippen LogP contribution in [0.1, 0.15) is 44.4 Å². The second-order valence-corrected chi connectivity index (χ2v) is 5.50. The highest BCUT2D eigenvalue weighted by molar-refractivity contribution is 5.71. The number of aryl methyl sites for hydroxylation is 2. The van der Waals surface area contributed by atoms with Crippen LogP contribution in [0.2, 0.25) is 0 Å². The Balaban J connectivity index is 2.21. The Hall–Kier alpha value is -1.97. The van der Waals surface area contributed by atoms with Crippen LogP contribution in [0.5, 0.6) is 0 Å². The third-order valence-electron chi connectivity index (χ3n) is 3.41. The van der Waals surface area contributed by atoms with Crippen LogP contribution in [-0.4, -0.2) is 9.78 Å². The summed E-state index contributed by atoms with van der Waals surface area (Å²) in [4.78, 5) is 0.